The van der Waals surface area contributed by atoms with Crippen molar-refractivity contribution in [1.29, 1.82) is 0 Å². The smallest absolute Gasteiger partial charge is 0.242 e. The Balaban J connectivity index is 2.24. The largest absolute Gasteiger partial charge is 0.263 e. The molecule has 1 N–H and O–H groups in total. The molecule has 0 spiro atoms. The summed E-state index contributed by atoms with van der Waals surface area (Å²) in [6.07, 6.45) is 2.87. The molecular weight excluding hydrogens is 328 g/mol. The zero-order chi connectivity index (χ0) is 13.7. The standard InChI is InChI=1S/C13H13BrN2O2S/c14-9-13(11-5-2-1-3-6-11)16-19(17,18)12-7-4-8-15-10-12/h1-8,10,13,16H,9H2. The van der Waals surface area contributed by atoms with E-state index < -0.39 is 10.0 Å². The van der Waals surface area contributed by atoms with Crippen molar-refractivity contribution in [3.8, 4) is 0 Å². The summed E-state index contributed by atoms with van der Waals surface area (Å²) < 4.78 is 27.1. The molecule has 1 aromatic heterocycles. The number of alkyl halides is 1. The second-order valence-electron chi connectivity index (χ2n) is 3.93. The van der Waals surface area contributed by atoms with Gasteiger partial charge in [0, 0.05) is 17.7 Å². The minimum absolute atomic E-state index is 0.164. The molecule has 1 atom stereocenters. The lowest BCUT2D eigenvalue weighted by Crippen LogP contribution is -2.29. The van der Waals surface area contributed by atoms with E-state index in [1.807, 2.05) is 30.3 Å². The van der Waals surface area contributed by atoms with Crippen molar-refractivity contribution in [3.05, 3.63) is 60.4 Å². The summed E-state index contributed by atoms with van der Waals surface area (Å²) in [6, 6.07) is 12.2. The molecule has 6 heteroatoms. The fraction of sp³-hybridized carbons (Fsp3) is 0.154. The molecule has 1 heterocycles. The highest BCUT2D eigenvalue weighted by Gasteiger charge is 2.20. The van der Waals surface area contributed by atoms with Crippen molar-refractivity contribution in [2.24, 2.45) is 0 Å². The van der Waals surface area contributed by atoms with Gasteiger partial charge in [0.2, 0.25) is 10.0 Å². The van der Waals surface area contributed by atoms with Gasteiger partial charge in [0.25, 0.3) is 0 Å². The van der Waals surface area contributed by atoms with Crippen LogP contribution < -0.4 is 4.72 Å². The van der Waals surface area contributed by atoms with Gasteiger partial charge >= 0.3 is 0 Å². The number of pyridine rings is 1. The van der Waals surface area contributed by atoms with Crippen molar-refractivity contribution in [2.45, 2.75) is 10.9 Å². The van der Waals surface area contributed by atoms with Crippen molar-refractivity contribution in [1.82, 2.24) is 9.71 Å². The Morgan fingerprint density at radius 3 is 2.47 bits per heavy atom. The van der Waals surface area contributed by atoms with E-state index in [9.17, 15) is 8.42 Å². The molecule has 0 radical (unpaired) electrons. The Hall–Kier alpha value is -1.24. The molecule has 1 unspecified atom stereocenters. The van der Waals surface area contributed by atoms with Gasteiger partial charge in [0.15, 0.2) is 0 Å². The van der Waals surface area contributed by atoms with Crippen LogP contribution in [-0.2, 0) is 10.0 Å². The number of hydrogen-bond acceptors (Lipinski definition) is 3. The summed E-state index contributed by atoms with van der Waals surface area (Å²) in [7, 11) is -3.56. The van der Waals surface area contributed by atoms with Crippen LogP contribution in [0.2, 0.25) is 0 Å². The third kappa shape index (κ3) is 3.62. The summed E-state index contributed by atoms with van der Waals surface area (Å²) in [5.41, 5.74) is 0.909. The van der Waals surface area contributed by atoms with Crippen LogP contribution in [-0.4, -0.2) is 18.7 Å². The van der Waals surface area contributed by atoms with Crippen LogP contribution in [0.5, 0.6) is 0 Å². The predicted octanol–water partition coefficient (Wildman–Crippen LogP) is 2.50. The van der Waals surface area contributed by atoms with Crippen LogP contribution in [0.1, 0.15) is 11.6 Å². The quantitative estimate of drug-likeness (QED) is 0.850. The molecule has 0 aliphatic heterocycles. The second kappa shape index (κ2) is 6.27. The van der Waals surface area contributed by atoms with Crippen LogP contribution in [0.15, 0.2) is 59.8 Å². The Bertz CT molecular complexity index is 618. The Labute approximate surface area is 121 Å². The molecule has 4 nitrogen and oxygen atoms in total. The van der Waals surface area contributed by atoms with Gasteiger partial charge in [-0.15, -0.1) is 0 Å². The minimum Gasteiger partial charge on any atom is -0.263 e. The molecule has 19 heavy (non-hydrogen) atoms. The van der Waals surface area contributed by atoms with Gasteiger partial charge < -0.3 is 0 Å². The van der Waals surface area contributed by atoms with E-state index in [1.54, 1.807) is 6.07 Å². The number of sulfonamides is 1. The first-order chi connectivity index (χ1) is 9.13. The van der Waals surface area contributed by atoms with Gasteiger partial charge in [0.1, 0.15) is 4.90 Å². The van der Waals surface area contributed by atoms with Gasteiger partial charge in [-0.25, -0.2) is 13.1 Å². The van der Waals surface area contributed by atoms with E-state index in [2.05, 4.69) is 25.6 Å². The van der Waals surface area contributed by atoms with Crippen LogP contribution in [0, 0.1) is 0 Å². The van der Waals surface area contributed by atoms with Crippen molar-refractivity contribution in [3.63, 3.8) is 0 Å². The zero-order valence-corrected chi connectivity index (χ0v) is 12.4. The lowest BCUT2D eigenvalue weighted by atomic mass is 10.1. The lowest BCUT2D eigenvalue weighted by molar-refractivity contribution is 0.568. The van der Waals surface area contributed by atoms with Crippen LogP contribution >= 0.6 is 15.9 Å². The molecule has 0 aliphatic carbocycles. The topological polar surface area (TPSA) is 59.1 Å². The maximum absolute atomic E-state index is 12.2. The number of nitrogens with one attached hydrogen (secondary N) is 1. The van der Waals surface area contributed by atoms with Crippen molar-refractivity contribution >= 4 is 26.0 Å². The minimum atomic E-state index is -3.56. The number of aromatic nitrogens is 1. The first kappa shape index (κ1) is 14.2. The summed E-state index contributed by atoms with van der Waals surface area (Å²) in [4.78, 5) is 3.99. The molecule has 0 saturated carbocycles. The van der Waals surface area contributed by atoms with E-state index in [4.69, 9.17) is 0 Å². The Morgan fingerprint density at radius 1 is 1.16 bits per heavy atom. The van der Waals surface area contributed by atoms with Crippen molar-refractivity contribution in [2.75, 3.05) is 5.33 Å². The summed E-state index contributed by atoms with van der Waals surface area (Å²) in [5.74, 6) is 0. The molecule has 0 amide bonds. The van der Waals surface area contributed by atoms with Crippen LogP contribution in [0.3, 0.4) is 0 Å². The van der Waals surface area contributed by atoms with E-state index in [0.717, 1.165) is 5.56 Å². The van der Waals surface area contributed by atoms with Gasteiger partial charge in [-0.2, -0.15) is 0 Å². The SMILES string of the molecule is O=S(=O)(NC(CBr)c1ccccc1)c1cccnc1. The highest BCUT2D eigenvalue weighted by atomic mass is 79.9. The third-order valence-corrected chi connectivity index (χ3v) is 4.70. The highest BCUT2D eigenvalue weighted by molar-refractivity contribution is 9.09. The monoisotopic (exact) mass is 340 g/mol. The van der Waals surface area contributed by atoms with Crippen LogP contribution in [0.4, 0.5) is 0 Å². The maximum Gasteiger partial charge on any atom is 0.242 e. The van der Waals surface area contributed by atoms with Crippen molar-refractivity contribution < 1.29 is 8.42 Å². The van der Waals surface area contributed by atoms with Gasteiger partial charge in [0.05, 0.1) is 6.04 Å². The highest BCUT2D eigenvalue weighted by Crippen LogP contribution is 2.18. The van der Waals surface area contributed by atoms with Gasteiger partial charge in [-0.05, 0) is 17.7 Å². The maximum atomic E-state index is 12.2. The molecule has 0 bridgehead atoms. The number of rotatable bonds is 5. The van der Waals surface area contributed by atoms with Gasteiger partial charge in [-0.1, -0.05) is 46.3 Å². The predicted molar refractivity (Wildman–Crippen MR) is 77.5 cm³/mol. The molecule has 0 aliphatic rings. The third-order valence-electron chi connectivity index (χ3n) is 2.60. The summed E-state index contributed by atoms with van der Waals surface area (Å²) in [5, 5.41) is 0.497. The molecule has 1 aromatic carbocycles. The Morgan fingerprint density at radius 2 is 1.89 bits per heavy atom. The van der Waals surface area contributed by atoms with E-state index >= 15 is 0 Å². The Kier molecular flexibility index (Phi) is 4.68. The van der Waals surface area contributed by atoms with Gasteiger partial charge in [-0.3, -0.25) is 4.98 Å². The molecular formula is C13H13BrN2O2S. The first-order valence-electron chi connectivity index (χ1n) is 5.67. The average molecular weight is 341 g/mol. The lowest BCUT2D eigenvalue weighted by Gasteiger charge is -2.16. The molecule has 2 rings (SSSR count). The number of nitrogens with zero attached hydrogens (tertiary/aromatic N) is 1. The number of halogens is 1. The molecule has 100 valence electrons. The molecule has 0 fully saturated rings. The fourth-order valence-corrected chi connectivity index (χ4v) is 3.57. The average Bonchev–Trinajstić information content (AvgIpc) is 2.47. The van der Waals surface area contributed by atoms with Crippen LogP contribution in [0.25, 0.3) is 0 Å². The molecule has 0 saturated heterocycles. The summed E-state index contributed by atoms with van der Waals surface area (Å²) in [6.45, 7) is 0. The fourth-order valence-electron chi connectivity index (χ4n) is 1.64. The first-order valence-corrected chi connectivity index (χ1v) is 8.27. The summed E-state index contributed by atoms with van der Waals surface area (Å²) >= 11 is 3.34. The second-order valence-corrected chi connectivity index (χ2v) is 6.29. The van der Waals surface area contributed by atoms with E-state index in [0.29, 0.717) is 5.33 Å². The normalized spacial score (nSPS) is 13.1. The number of benzene rings is 1. The number of hydrogen-bond donors (Lipinski definition) is 1. The molecule has 2 aromatic rings. The van der Waals surface area contributed by atoms with E-state index in [1.165, 1.54) is 18.5 Å². The zero-order valence-electron chi connectivity index (χ0n) is 10.0. The van der Waals surface area contributed by atoms with E-state index in [-0.39, 0.29) is 10.9 Å².